The molecule has 2 amide bonds. The molecule has 0 radical (unpaired) electrons. The lowest BCUT2D eigenvalue weighted by Gasteiger charge is -2.37. The molecule has 0 spiro atoms. The number of fused-ring (bicyclic) bond motifs is 1. The number of amides is 2. The van der Waals surface area contributed by atoms with Crippen molar-refractivity contribution in [2.24, 2.45) is 0 Å². The fourth-order valence-corrected chi connectivity index (χ4v) is 3.96. The van der Waals surface area contributed by atoms with Gasteiger partial charge in [0, 0.05) is 13.7 Å². The second kappa shape index (κ2) is 7.94. The van der Waals surface area contributed by atoms with E-state index in [0.717, 1.165) is 11.3 Å². The fourth-order valence-electron chi connectivity index (χ4n) is 3.96. The van der Waals surface area contributed by atoms with Gasteiger partial charge in [-0.05, 0) is 30.5 Å². The molecule has 1 saturated carbocycles. The minimum absolute atomic E-state index is 0.0634. The number of nitrogens with zero attached hydrogens (tertiary/aromatic N) is 3. The number of carbonyl (C=O) groups is 2. The van der Waals surface area contributed by atoms with Crippen LogP contribution in [-0.4, -0.2) is 64.9 Å². The van der Waals surface area contributed by atoms with E-state index in [4.69, 9.17) is 9.47 Å². The number of nitrogens with one attached hydrogen (secondary N) is 2. The first kappa shape index (κ1) is 20.1. The van der Waals surface area contributed by atoms with Crippen molar-refractivity contribution in [3.05, 3.63) is 46.1 Å². The minimum Gasteiger partial charge on any atom is -0.497 e. The first-order valence-electron chi connectivity index (χ1n) is 9.86. The van der Waals surface area contributed by atoms with Gasteiger partial charge in [-0.3, -0.25) is 14.2 Å². The van der Waals surface area contributed by atoms with Crippen molar-refractivity contribution in [3.8, 4) is 5.75 Å². The summed E-state index contributed by atoms with van der Waals surface area (Å²) >= 11 is 0. The van der Waals surface area contributed by atoms with Crippen LogP contribution in [0.2, 0.25) is 0 Å². The minimum atomic E-state index is -0.798. The summed E-state index contributed by atoms with van der Waals surface area (Å²) in [6, 6.07) is 6.66. The number of benzene rings is 1. The molecule has 1 unspecified atom stereocenters. The van der Waals surface area contributed by atoms with E-state index in [2.05, 4.69) is 15.5 Å². The van der Waals surface area contributed by atoms with Gasteiger partial charge in [-0.15, -0.1) is 0 Å². The Hall–Kier alpha value is -3.14. The number of H-pyrrole nitrogens is 1. The molecule has 2 heterocycles. The lowest BCUT2D eigenvalue weighted by molar-refractivity contribution is -0.145. The highest BCUT2D eigenvalue weighted by molar-refractivity contribution is 5.95. The van der Waals surface area contributed by atoms with Crippen LogP contribution in [0.25, 0.3) is 0 Å². The van der Waals surface area contributed by atoms with E-state index in [1.54, 1.807) is 19.1 Å². The molecule has 1 aliphatic carbocycles. The monoisotopic (exact) mass is 415 g/mol. The third-order valence-electron chi connectivity index (χ3n) is 5.85. The fraction of sp³-hybridized carbons (Fsp3) is 0.500. The zero-order valence-corrected chi connectivity index (χ0v) is 17.0. The average molecular weight is 415 g/mol. The molecule has 1 aromatic carbocycles. The number of ether oxygens (including phenoxy) is 2. The smallest absolute Gasteiger partial charge is 0.343 e. The molecule has 30 heavy (non-hydrogen) atoms. The van der Waals surface area contributed by atoms with E-state index in [-0.39, 0.29) is 30.6 Å². The van der Waals surface area contributed by atoms with E-state index in [9.17, 15) is 14.4 Å². The van der Waals surface area contributed by atoms with Crippen molar-refractivity contribution in [3.63, 3.8) is 0 Å². The van der Waals surface area contributed by atoms with Gasteiger partial charge in [0.2, 0.25) is 11.8 Å². The number of hydrogen-bond donors (Lipinski definition) is 2. The van der Waals surface area contributed by atoms with Crippen molar-refractivity contribution in [2.45, 2.75) is 37.4 Å². The summed E-state index contributed by atoms with van der Waals surface area (Å²) < 4.78 is 11.6. The molecule has 1 aromatic heterocycles. The van der Waals surface area contributed by atoms with E-state index in [1.165, 1.54) is 4.57 Å². The molecular weight excluding hydrogens is 390 g/mol. The van der Waals surface area contributed by atoms with Crippen molar-refractivity contribution in [1.29, 1.82) is 0 Å². The van der Waals surface area contributed by atoms with Gasteiger partial charge in [-0.25, -0.2) is 9.89 Å². The average Bonchev–Trinajstić information content (AvgIpc) is 3.51. The van der Waals surface area contributed by atoms with Gasteiger partial charge in [0.1, 0.15) is 11.8 Å². The van der Waals surface area contributed by atoms with E-state index < -0.39 is 11.5 Å². The number of hydrogen-bond acceptors (Lipinski definition) is 6. The van der Waals surface area contributed by atoms with Crippen LogP contribution in [0.15, 0.2) is 29.1 Å². The number of aromatic amines is 1. The number of rotatable bonds is 7. The van der Waals surface area contributed by atoms with Crippen molar-refractivity contribution in [1.82, 2.24) is 25.0 Å². The lowest BCUT2D eigenvalue weighted by Crippen LogP contribution is -2.57. The predicted octanol–water partition coefficient (Wildman–Crippen LogP) is -0.215. The molecule has 1 aliphatic heterocycles. The molecular formula is C20H25N5O5. The van der Waals surface area contributed by atoms with E-state index >= 15 is 0 Å². The van der Waals surface area contributed by atoms with Crippen LogP contribution in [0.3, 0.4) is 0 Å². The molecule has 2 N–H and O–H groups in total. The van der Waals surface area contributed by atoms with Crippen LogP contribution < -0.4 is 15.7 Å². The van der Waals surface area contributed by atoms with Crippen LogP contribution >= 0.6 is 0 Å². The molecule has 0 bridgehead atoms. The van der Waals surface area contributed by atoms with Crippen molar-refractivity contribution >= 4 is 11.8 Å². The van der Waals surface area contributed by atoms with Crippen LogP contribution in [0.4, 0.5) is 0 Å². The molecule has 0 saturated heterocycles. The Bertz CT molecular complexity index is 992. The lowest BCUT2D eigenvalue weighted by atomic mass is 9.93. The first-order chi connectivity index (χ1) is 14.5. The van der Waals surface area contributed by atoms with Gasteiger partial charge >= 0.3 is 5.69 Å². The topological polar surface area (TPSA) is 119 Å². The number of carbonyl (C=O) groups excluding carboxylic acids is 2. The predicted molar refractivity (Wildman–Crippen MR) is 106 cm³/mol. The zero-order valence-electron chi connectivity index (χ0n) is 17.0. The molecule has 160 valence electrons. The van der Waals surface area contributed by atoms with Crippen LogP contribution in [0, 0.1) is 0 Å². The quantitative estimate of drug-likeness (QED) is 0.604. The van der Waals surface area contributed by atoms with Crippen molar-refractivity contribution in [2.75, 3.05) is 27.4 Å². The Kier molecular flexibility index (Phi) is 5.33. The molecule has 10 heteroatoms. The molecule has 1 atom stereocenters. The third-order valence-corrected chi connectivity index (χ3v) is 5.85. The Morgan fingerprint density at radius 2 is 2.00 bits per heavy atom. The van der Waals surface area contributed by atoms with Gasteiger partial charge in [0.25, 0.3) is 0 Å². The maximum absolute atomic E-state index is 13.7. The number of methoxy groups -OCH3 is 2. The zero-order chi connectivity index (χ0) is 21.3. The number of aromatic nitrogens is 3. The van der Waals surface area contributed by atoms with Gasteiger partial charge in [0.05, 0.1) is 32.2 Å². The summed E-state index contributed by atoms with van der Waals surface area (Å²) in [6.45, 7) is 0.843. The maximum atomic E-state index is 13.7. The summed E-state index contributed by atoms with van der Waals surface area (Å²) in [6.07, 6.45) is 1.42. The summed E-state index contributed by atoms with van der Waals surface area (Å²) in [4.78, 5) is 40.1. The second-order valence-corrected chi connectivity index (χ2v) is 7.60. The SMILES string of the molecule is COCCNC(=O)C1Cn2c(n[nH]c2=O)CN1C(=O)C1(c2ccc(OC)cc2)CC1. The van der Waals surface area contributed by atoms with Crippen LogP contribution in [-0.2, 0) is 32.8 Å². The molecule has 10 nitrogen and oxygen atoms in total. The summed E-state index contributed by atoms with van der Waals surface area (Å²) in [5.41, 5.74) is -0.143. The molecule has 2 aliphatic rings. The van der Waals surface area contributed by atoms with Crippen LogP contribution in [0.5, 0.6) is 5.75 Å². The second-order valence-electron chi connectivity index (χ2n) is 7.60. The Morgan fingerprint density at radius 3 is 2.63 bits per heavy atom. The summed E-state index contributed by atoms with van der Waals surface area (Å²) in [5.74, 6) is 0.724. The Labute approximate surface area is 173 Å². The molecule has 2 aromatic rings. The van der Waals surface area contributed by atoms with Crippen LogP contribution in [0.1, 0.15) is 24.2 Å². The van der Waals surface area contributed by atoms with E-state index in [1.807, 2.05) is 24.3 Å². The summed E-state index contributed by atoms with van der Waals surface area (Å²) in [7, 11) is 3.14. The van der Waals surface area contributed by atoms with Gasteiger partial charge in [-0.1, -0.05) is 12.1 Å². The van der Waals surface area contributed by atoms with Gasteiger partial charge in [0.15, 0.2) is 5.82 Å². The van der Waals surface area contributed by atoms with Crippen molar-refractivity contribution < 1.29 is 19.1 Å². The highest BCUT2D eigenvalue weighted by Crippen LogP contribution is 2.50. The molecule has 1 fully saturated rings. The Morgan fingerprint density at radius 1 is 1.27 bits per heavy atom. The third kappa shape index (κ3) is 3.47. The normalized spacial score (nSPS) is 19.1. The summed E-state index contributed by atoms with van der Waals surface area (Å²) in [5, 5.41) is 9.21. The highest BCUT2D eigenvalue weighted by atomic mass is 16.5. The van der Waals surface area contributed by atoms with Gasteiger partial charge < -0.3 is 19.7 Å². The van der Waals surface area contributed by atoms with Gasteiger partial charge in [-0.2, -0.15) is 5.10 Å². The molecule has 4 rings (SSSR count). The maximum Gasteiger partial charge on any atom is 0.343 e. The van der Waals surface area contributed by atoms with E-state index in [0.29, 0.717) is 31.8 Å². The standard InChI is InChI=1S/C20H25N5O5/c1-29-10-9-21-17(26)15-11-25-16(22-23-19(25)28)12-24(15)18(27)20(7-8-20)13-3-5-14(30-2)6-4-13/h3-6,15H,7-12H2,1-2H3,(H,21,26)(H,23,28). The highest BCUT2D eigenvalue weighted by Gasteiger charge is 2.55. The first-order valence-corrected chi connectivity index (χ1v) is 9.86. The largest absolute Gasteiger partial charge is 0.497 e. The Balaban J connectivity index is 1.62.